The number of hydrogen-bond donors (Lipinski definition) is 1. The second kappa shape index (κ2) is 5.53. The second-order valence-corrected chi connectivity index (χ2v) is 5.28. The molecule has 2 aromatic carbocycles. The normalized spacial score (nSPS) is 15.4. The highest BCUT2D eigenvalue weighted by Crippen LogP contribution is 2.32. The standard InChI is InChI=1S/C17H18FNO/c18-14-8-5-12(6-9-14)13-7-10-16(19)17(11-13)20-15-3-1-2-4-15/h5-11,15H,1-4,19H2. The summed E-state index contributed by atoms with van der Waals surface area (Å²) in [6.45, 7) is 0. The van der Waals surface area contributed by atoms with Gasteiger partial charge in [0, 0.05) is 0 Å². The minimum absolute atomic E-state index is 0.230. The first kappa shape index (κ1) is 13.0. The van der Waals surface area contributed by atoms with Crippen molar-refractivity contribution in [1.82, 2.24) is 0 Å². The van der Waals surface area contributed by atoms with Crippen molar-refractivity contribution in [2.45, 2.75) is 31.8 Å². The molecule has 0 saturated heterocycles. The molecule has 0 heterocycles. The van der Waals surface area contributed by atoms with Gasteiger partial charge in [0.2, 0.25) is 0 Å². The molecule has 0 aliphatic heterocycles. The van der Waals surface area contributed by atoms with Gasteiger partial charge in [-0.3, -0.25) is 0 Å². The van der Waals surface area contributed by atoms with E-state index in [1.165, 1.54) is 25.0 Å². The van der Waals surface area contributed by atoms with Crippen molar-refractivity contribution in [1.29, 1.82) is 0 Å². The van der Waals surface area contributed by atoms with Gasteiger partial charge in [-0.25, -0.2) is 4.39 Å². The Kier molecular flexibility index (Phi) is 3.59. The highest BCUT2D eigenvalue weighted by molar-refractivity contribution is 5.69. The molecule has 0 bridgehead atoms. The molecule has 1 aliphatic carbocycles. The molecule has 0 amide bonds. The summed E-state index contributed by atoms with van der Waals surface area (Å²) in [5.74, 6) is 0.505. The molecule has 0 radical (unpaired) electrons. The summed E-state index contributed by atoms with van der Waals surface area (Å²) in [4.78, 5) is 0. The first-order valence-corrected chi connectivity index (χ1v) is 7.04. The van der Waals surface area contributed by atoms with E-state index in [4.69, 9.17) is 10.5 Å². The average molecular weight is 271 g/mol. The summed E-state index contributed by atoms with van der Waals surface area (Å²) >= 11 is 0. The third-order valence-electron chi connectivity index (χ3n) is 3.79. The number of ether oxygens (including phenoxy) is 1. The first-order valence-electron chi connectivity index (χ1n) is 7.04. The van der Waals surface area contributed by atoms with Gasteiger partial charge in [-0.15, -0.1) is 0 Å². The Balaban J connectivity index is 1.87. The van der Waals surface area contributed by atoms with Crippen LogP contribution < -0.4 is 10.5 Å². The van der Waals surface area contributed by atoms with E-state index in [9.17, 15) is 4.39 Å². The van der Waals surface area contributed by atoms with Crippen LogP contribution in [0, 0.1) is 5.82 Å². The number of halogens is 1. The molecule has 0 spiro atoms. The quantitative estimate of drug-likeness (QED) is 0.840. The Morgan fingerprint density at radius 3 is 2.30 bits per heavy atom. The lowest BCUT2D eigenvalue weighted by Gasteiger charge is -2.16. The third-order valence-corrected chi connectivity index (χ3v) is 3.79. The third kappa shape index (κ3) is 2.77. The lowest BCUT2D eigenvalue weighted by molar-refractivity contribution is 0.211. The van der Waals surface area contributed by atoms with Crippen LogP contribution in [0.3, 0.4) is 0 Å². The van der Waals surface area contributed by atoms with E-state index in [0.717, 1.165) is 29.7 Å². The largest absolute Gasteiger partial charge is 0.488 e. The van der Waals surface area contributed by atoms with Crippen molar-refractivity contribution in [2.75, 3.05) is 5.73 Å². The molecule has 0 aromatic heterocycles. The van der Waals surface area contributed by atoms with Crippen molar-refractivity contribution < 1.29 is 9.13 Å². The highest BCUT2D eigenvalue weighted by Gasteiger charge is 2.17. The molecule has 3 heteroatoms. The summed E-state index contributed by atoms with van der Waals surface area (Å²) in [5, 5.41) is 0. The van der Waals surface area contributed by atoms with Crippen LogP contribution >= 0.6 is 0 Å². The zero-order chi connectivity index (χ0) is 13.9. The first-order chi connectivity index (χ1) is 9.72. The van der Waals surface area contributed by atoms with E-state index >= 15 is 0 Å². The molecule has 104 valence electrons. The molecule has 0 unspecified atom stereocenters. The summed E-state index contributed by atoms with van der Waals surface area (Å²) in [5.41, 5.74) is 8.59. The summed E-state index contributed by atoms with van der Waals surface area (Å²) in [6.07, 6.45) is 4.92. The Hall–Kier alpha value is -2.03. The van der Waals surface area contributed by atoms with Crippen molar-refractivity contribution in [3.05, 3.63) is 48.3 Å². The van der Waals surface area contributed by atoms with Gasteiger partial charge in [0.25, 0.3) is 0 Å². The SMILES string of the molecule is Nc1ccc(-c2ccc(F)cc2)cc1OC1CCCC1. The Morgan fingerprint density at radius 2 is 1.60 bits per heavy atom. The fraction of sp³-hybridized carbons (Fsp3) is 0.294. The minimum atomic E-state index is -0.230. The average Bonchev–Trinajstić information content (AvgIpc) is 2.95. The molecule has 1 aliphatic rings. The van der Waals surface area contributed by atoms with Gasteiger partial charge >= 0.3 is 0 Å². The molecular weight excluding hydrogens is 253 g/mol. The fourth-order valence-electron chi connectivity index (χ4n) is 2.64. The van der Waals surface area contributed by atoms with Crippen LogP contribution in [0.1, 0.15) is 25.7 Å². The summed E-state index contributed by atoms with van der Waals surface area (Å²) in [7, 11) is 0. The molecular formula is C17H18FNO. The molecule has 0 atom stereocenters. The number of anilines is 1. The monoisotopic (exact) mass is 271 g/mol. The highest BCUT2D eigenvalue weighted by atomic mass is 19.1. The van der Waals surface area contributed by atoms with Gasteiger partial charge < -0.3 is 10.5 Å². The fourth-order valence-corrected chi connectivity index (χ4v) is 2.64. The lowest BCUT2D eigenvalue weighted by atomic mass is 10.0. The Labute approximate surface area is 118 Å². The Bertz CT molecular complexity index is 588. The van der Waals surface area contributed by atoms with E-state index in [2.05, 4.69) is 0 Å². The van der Waals surface area contributed by atoms with Gasteiger partial charge in [-0.05, 0) is 61.1 Å². The van der Waals surface area contributed by atoms with Crippen molar-refractivity contribution in [2.24, 2.45) is 0 Å². The van der Waals surface area contributed by atoms with Crippen molar-refractivity contribution in [3.63, 3.8) is 0 Å². The van der Waals surface area contributed by atoms with Gasteiger partial charge in [0.15, 0.2) is 0 Å². The zero-order valence-electron chi connectivity index (χ0n) is 11.3. The van der Waals surface area contributed by atoms with Crippen LogP contribution in [0.4, 0.5) is 10.1 Å². The molecule has 20 heavy (non-hydrogen) atoms. The maximum absolute atomic E-state index is 13.0. The van der Waals surface area contributed by atoms with Crippen LogP contribution in [-0.2, 0) is 0 Å². The van der Waals surface area contributed by atoms with Crippen LogP contribution in [0.2, 0.25) is 0 Å². The van der Waals surface area contributed by atoms with Crippen molar-refractivity contribution >= 4 is 5.69 Å². The number of nitrogen functional groups attached to an aromatic ring is 1. The maximum Gasteiger partial charge on any atom is 0.143 e. The summed E-state index contributed by atoms with van der Waals surface area (Å²) in [6, 6.07) is 12.2. The smallest absolute Gasteiger partial charge is 0.143 e. The van der Waals surface area contributed by atoms with E-state index in [1.54, 1.807) is 12.1 Å². The molecule has 1 fully saturated rings. The maximum atomic E-state index is 13.0. The molecule has 3 rings (SSSR count). The molecule has 2 N–H and O–H groups in total. The topological polar surface area (TPSA) is 35.2 Å². The minimum Gasteiger partial charge on any atom is -0.488 e. The van der Waals surface area contributed by atoms with Crippen LogP contribution in [-0.4, -0.2) is 6.10 Å². The zero-order valence-corrected chi connectivity index (χ0v) is 11.3. The predicted octanol–water partition coefficient (Wildman–Crippen LogP) is 4.40. The van der Waals surface area contributed by atoms with Crippen molar-refractivity contribution in [3.8, 4) is 16.9 Å². The number of benzene rings is 2. The molecule has 2 nitrogen and oxygen atoms in total. The van der Waals surface area contributed by atoms with E-state index in [-0.39, 0.29) is 11.9 Å². The number of hydrogen-bond acceptors (Lipinski definition) is 2. The van der Waals surface area contributed by atoms with Gasteiger partial charge in [0.1, 0.15) is 11.6 Å². The van der Waals surface area contributed by atoms with Crippen LogP contribution in [0.15, 0.2) is 42.5 Å². The molecule has 1 saturated carbocycles. The lowest BCUT2D eigenvalue weighted by Crippen LogP contribution is -2.12. The van der Waals surface area contributed by atoms with Crippen LogP contribution in [0.25, 0.3) is 11.1 Å². The summed E-state index contributed by atoms with van der Waals surface area (Å²) < 4.78 is 19.0. The van der Waals surface area contributed by atoms with E-state index < -0.39 is 0 Å². The van der Waals surface area contributed by atoms with E-state index in [0.29, 0.717) is 5.69 Å². The number of nitrogens with two attached hydrogens (primary N) is 1. The van der Waals surface area contributed by atoms with Gasteiger partial charge in [-0.1, -0.05) is 18.2 Å². The Morgan fingerprint density at radius 1 is 0.950 bits per heavy atom. The second-order valence-electron chi connectivity index (χ2n) is 5.28. The van der Waals surface area contributed by atoms with E-state index in [1.807, 2.05) is 18.2 Å². The number of rotatable bonds is 3. The van der Waals surface area contributed by atoms with Gasteiger partial charge in [-0.2, -0.15) is 0 Å². The predicted molar refractivity (Wildman–Crippen MR) is 79.1 cm³/mol. The molecule has 2 aromatic rings. The van der Waals surface area contributed by atoms with Gasteiger partial charge in [0.05, 0.1) is 11.8 Å². The van der Waals surface area contributed by atoms with Crippen LogP contribution in [0.5, 0.6) is 5.75 Å².